The van der Waals surface area contributed by atoms with Gasteiger partial charge in [-0.25, -0.2) is 5.06 Å². The van der Waals surface area contributed by atoms with Crippen molar-refractivity contribution in [3.05, 3.63) is 35.4 Å². The number of nitrogens with one attached hydrogen (secondary N) is 1. The lowest BCUT2D eigenvalue weighted by Crippen LogP contribution is -2.35. The number of benzene rings is 1. The highest BCUT2D eigenvalue weighted by molar-refractivity contribution is 7.57. The summed E-state index contributed by atoms with van der Waals surface area (Å²) in [5.41, 5.74) is 2.01. The molecule has 132 valence electrons. The molecule has 0 spiro atoms. The van der Waals surface area contributed by atoms with Gasteiger partial charge in [-0.1, -0.05) is 52.0 Å². The summed E-state index contributed by atoms with van der Waals surface area (Å²) in [5.74, 6) is -0.116. The van der Waals surface area contributed by atoms with Crippen LogP contribution in [-0.4, -0.2) is 40.6 Å². The SMILES string of the molecule is CC.CC(C)c1ccc(CN(O)C(=O)CNCP(C)(=O)O)cc1. The Bertz CT molecular complexity index is 511. The molecule has 3 N–H and O–H groups in total. The van der Waals surface area contributed by atoms with E-state index in [9.17, 15) is 14.6 Å². The van der Waals surface area contributed by atoms with Gasteiger partial charge in [-0.3, -0.25) is 19.9 Å². The number of carbonyl (C=O) groups excluding carboxylic acids is 1. The molecule has 0 saturated heterocycles. The Kier molecular flexibility index (Phi) is 10.0. The smallest absolute Gasteiger partial charge is 0.260 e. The third-order valence-electron chi connectivity index (χ3n) is 2.95. The van der Waals surface area contributed by atoms with Gasteiger partial charge in [0.25, 0.3) is 5.91 Å². The van der Waals surface area contributed by atoms with Crippen LogP contribution in [0, 0.1) is 0 Å². The Morgan fingerprint density at radius 2 is 1.78 bits per heavy atom. The maximum absolute atomic E-state index is 11.7. The van der Waals surface area contributed by atoms with Gasteiger partial charge in [0.2, 0.25) is 7.37 Å². The van der Waals surface area contributed by atoms with E-state index >= 15 is 0 Å². The summed E-state index contributed by atoms with van der Waals surface area (Å²) in [6.45, 7) is 9.30. The largest absolute Gasteiger partial charge is 0.344 e. The van der Waals surface area contributed by atoms with E-state index in [0.717, 1.165) is 5.56 Å². The molecule has 0 bridgehead atoms. The molecule has 0 radical (unpaired) electrons. The predicted molar refractivity (Wildman–Crippen MR) is 92.8 cm³/mol. The van der Waals surface area contributed by atoms with E-state index in [1.54, 1.807) is 0 Å². The maximum atomic E-state index is 11.7. The third kappa shape index (κ3) is 9.51. The van der Waals surface area contributed by atoms with Gasteiger partial charge in [-0.15, -0.1) is 0 Å². The van der Waals surface area contributed by atoms with Crippen LogP contribution in [0.2, 0.25) is 0 Å². The standard InChI is InChI=1S/C14H23N2O4P.C2H6/c1-11(2)13-6-4-12(5-7-13)9-16(18)14(17)8-15-10-21(3,19)20;1-2/h4-7,11,15,18H,8-10H2,1-3H3,(H,19,20);1-2H3. The summed E-state index contributed by atoms with van der Waals surface area (Å²) in [7, 11) is -3.20. The molecule has 1 aromatic rings. The lowest BCUT2D eigenvalue weighted by molar-refractivity contribution is -0.166. The van der Waals surface area contributed by atoms with Gasteiger partial charge in [0.15, 0.2) is 0 Å². The van der Waals surface area contributed by atoms with Crippen LogP contribution < -0.4 is 5.32 Å². The number of amides is 1. The van der Waals surface area contributed by atoms with Crippen molar-refractivity contribution in [3.8, 4) is 0 Å². The first-order valence-electron chi connectivity index (χ1n) is 7.77. The van der Waals surface area contributed by atoms with E-state index in [2.05, 4.69) is 19.2 Å². The van der Waals surface area contributed by atoms with E-state index in [1.165, 1.54) is 12.2 Å². The van der Waals surface area contributed by atoms with Gasteiger partial charge in [0.1, 0.15) is 0 Å². The first kappa shape index (κ1) is 21.8. The summed E-state index contributed by atoms with van der Waals surface area (Å²) in [6, 6.07) is 7.67. The topological polar surface area (TPSA) is 89.9 Å². The molecule has 1 atom stereocenters. The number of hydroxylamine groups is 2. The molecule has 1 amide bonds. The Morgan fingerprint density at radius 3 is 2.22 bits per heavy atom. The predicted octanol–water partition coefficient (Wildman–Crippen LogP) is 3.00. The maximum Gasteiger partial charge on any atom is 0.260 e. The third-order valence-corrected chi connectivity index (χ3v) is 3.76. The zero-order chi connectivity index (χ0) is 18.0. The van der Waals surface area contributed by atoms with Crippen molar-refractivity contribution in [1.29, 1.82) is 0 Å². The summed E-state index contributed by atoms with van der Waals surface area (Å²) >= 11 is 0. The Hall–Kier alpha value is -1.20. The first-order valence-corrected chi connectivity index (χ1v) is 10.1. The van der Waals surface area contributed by atoms with E-state index in [4.69, 9.17) is 4.89 Å². The molecule has 6 nitrogen and oxygen atoms in total. The fourth-order valence-corrected chi connectivity index (χ4v) is 2.26. The second-order valence-corrected chi connectivity index (χ2v) is 7.90. The highest BCUT2D eigenvalue weighted by atomic mass is 31.2. The van der Waals surface area contributed by atoms with Crippen LogP contribution in [0.1, 0.15) is 44.7 Å². The van der Waals surface area contributed by atoms with Crippen LogP contribution in [0.4, 0.5) is 0 Å². The molecule has 1 aromatic carbocycles. The fraction of sp³-hybridized carbons (Fsp3) is 0.562. The number of rotatable bonds is 7. The number of hydrogen-bond donors (Lipinski definition) is 3. The lowest BCUT2D eigenvalue weighted by atomic mass is 10.0. The highest BCUT2D eigenvalue weighted by Crippen LogP contribution is 2.32. The Balaban J connectivity index is 0.00000232. The molecule has 1 rings (SSSR count). The monoisotopic (exact) mass is 344 g/mol. The summed E-state index contributed by atoms with van der Waals surface area (Å²) < 4.78 is 11.0. The van der Waals surface area contributed by atoms with Crippen molar-refractivity contribution < 1.29 is 19.5 Å². The first-order chi connectivity index (χ1) is 10.7. The number of hydrogen-bond acceptors (Lipinski definition) is 4. The van der Waals surface area contributed by atoms with Crippen molar-refractivity contribution in [2.24, 2.45) is 0 Å². The molecule has 0 aliphatic carbocycles. The van der Waals surface area contributed by atoms with Crippen LogP contribution in [-0.2, 0) is 15.9 Å². The number of carbonyl (C=O) groups is 1. The molecular weight excluding hydrogens is 315 g/mol. The van der Waals surface area contributed by atoms with Crippen molar-refractivity contribution in [2.45, 2.75) is 40.2 Å². The van der Waals surface area contributed by atoms with Crippen molar-refractivity contribution in [2.75, 3.05) is 19.5 Å². The van der Waals surface area contributed by atoms with Crippen LogP contribution in [0.5, 0.6) is 0 Å². The molecular formula is C16H29N2O4P. The second-order valence-electron chi connectivity index (χ2n) is 5.48. The molecule has 0 heterocycles. The zero-order valence-electron chi connectivity index (χ0n) is 14.6. The molecule has 0 aromatic heterocycles. The molecule has 23 heavy (non-hydrogen) atoms. The molecule has 0 aliphatic heterocycles. The quantitative estimate of drug-likeness (QED) is 0.402. The van der Waals surface area contributed by atoms with Gasteiger partial charge in [-0.05, 0) is 17.0 Å². The van der Waals surface area contributed by atoms with Gasteiger partial charge in [-0.2, -0.15) is 0 Å². The fourth-order valence-electron chi connectivity index (χ4n) is 1.73. The van der Waals surface area contributed by atoms with Crippen LogP contribution >= 0.6 is 7.37 Å². The van der Waals surface area contributed by atoms with Crippen LogP contribution in [0.15, 0.2) is 24.3 Å². The van der Waals surface area contributed by atoms with Gasteiger partial charge in [0.05, 0.1) is 19.4 Å². The number of nitrogens with zero attached hydrogens (tertiary/aromatic N) is 1. The minimum absolute atomic E-state index is 0.0851. The van der Waals surface area contributed by atoms with E-state index in [1.807, 2.05) is 38.1 Å². The van der Waals surface area contributed by atoms with Crippen molar-refractivity contribution in [3.63, 3.8) is 0 Å². The molecule has 7 heteroatoms. The minimum atomic E-state index is -3.20. The normalized spacial score (nSPS) is 13.0. The summed E-state index contributed by atoms with van der Waals surface area (Å²) in [6.07, 6.45) is -0.157. The van der Waals surface area contributed by atoms with E-state index < -0.39 is 13.3 Å². The highest BCUT2D eigenvalue weighted by Gasteiger charge is 2.14. The summed E-state index contributed by atoms with van der Waals surface area (Å²) in [4.78, 5) is 20.7. The zero-order valence-corrected chi connectivity index (χ0v) is 15.5. The average Bonchev–Trinajstić information content (AvgIpc) is 2.48. The molecule has 0 fully saturated rings. The lowest BCUT2D eigenvalue weighted by Gasteiger charge is -2.16. The van der Waals surface area contributed by atoms with Gasteiger partial charge in [0, 0.05) is 6.66 Å². The van der Waals surface area contributed by atoms with Crippen LogP contribution in [0.25, 0.3) is 0 Å². The Morgan fingerprint density at radius 1 is 1.26 bits per heavy atom. The minimum Gasteiger partial charge on any atom is -0.344 e. The van der Waals surface area contributed by atoms with Crippen LogP contribution in [0.3, 0.4) is 0 Å². The van der Waals surface area contributed by atoms with Crippen molar-refractivity contribution >= 4 is 13.3 Å². The Labute approximate surface area is 138 Å². The molecule has 0 saturated carbocycles. The molecule has 0 aliphatic rings. The van der Waals surface area contributed by atoms with E-state index in [0.29, 0.717) is 11.0 Å². The van der Waals surface area contributed by atoms with Crippen molar-refractivity contribution in [1.82, 2.24) is 10.4 Å². The van der Waals surface area contributed by atoms with Gasteiger partial charge >= 0.3 is 0 Å². The van der Waals surface area contributed by atoms with E-state index in [-0.39, 0.29) is 19.4 Å². The van der Waals surface area contributed by atoms with Gasteiger partial charge < -0.3 is 4.89 Å². The summed E-state index contributed by atoms with van der Waals surface area (Å²) in [5, 5.41) is 12.8. The molecule has 1 unspecified atom stereocenters. The second kappa shape index (κ2) is 10.6. The average molecular weight is 344 g/mol.